The number of halogens is 1. The Hall–Kier alpha value is -0.340. The fourth-order valence-electron chi connectivity index (χ4n) is 1.59. The minimum Gasteiger partial charge on any atom is -0.396 e. The molecular weight excluding hydrogens is 252 g/mol. The van der Waals surface area contributed by atoms with Gasteiger partial charge in [0.1, 0.15) is 0 Å². The summed E-state index contributed by atoms with van der Waals surface area (Å²) in [5.74, 6) is 0.225. The van der Waals surface area contributed by atoms with E-state index in [0.717, 1.165) is 10.9 Å². The van der Waals surface area contributed by atoms with Gasteiger partial charge in [-0.25, -0.2) is 0 Å². The van der Waals surface area contributed by atoms with Gasteiger partial charge in [-0.1, -0.05) is 42.3 Å². The molecule has 15 heavy (non-hydrogen) atoms. The van der Waals surface area contributed by atoms with Crippen LogP contribution in [0.25, 0.3) is 0 Å². The van der Waals surface area contributed by atoms with Crippen LogP contribution in [0.5, 0.6) is 0 Å². The van der Waals surface area contributed by atoms with Crippen molar-refractivity contribution in [3.05, 3.63) is 33.8 Å². The topological polar surface area (TPSA) is 20.2 Å². The summed E-state index contributed by atoms with van der Waals surface area (Å²) in [6, 6.07) is 6.47. The molecule has 1 aromatic rings. The van der Waals surface area contributed by atoms with Crippen molar-refractivity contribution in [1.82, 2.24) is 0 Å². The molecule has 0 aliphatic heterocycles. The van der Waals surface area contributed by atoms with Crippen LogP contribution in [0.15, 0.2) is 22.7 Å². The van der Waals surface area contributed by atoms with E-state index < -0.39 is 0 Å². The number of aliphatic hydroxyl groups excluding tert-OH is 1. The first-order valence-corrected chi connectivity index (χ1v) is 6.37. The SMILES string of the molecule is CCCCc1cc(Br)cc(C(C)CO)c1. The van der Waals surface area contributed by atoms with Crippen LogP contribution in [0.4, 0.5) is 0 Å². The number of hydrogen-bond acceptors (Lipinski definition) is 1. The summed E-state index contributed by atoms with van der Waals surface area (Å²) in [5.41, 5.74) is 2.58. The molecule has 1 rings (SSSR count). The van der Waals surface area contributed by atoms with E-state index in [-0.39, 0.29) is 12.5 Å². The Labute approximate surface area is 101 Å². The molecule has 0 saturated heterocycles. The van der Waals surface area contributed by atoms with E-state index in [0.29, 0.717) is 0 Å². The molecule has 0 heterocycles. The molecular formula is C13H19BrO. The van der Waals surface area contributed by atoms with Crippen molar-refractivity contribution in [1.29, 1.82) is 0 Å². The lowest BCUT2D eigenvalue weighted by Crippen LogP contribution is -2.00. The Morgan fingerprint density at radius 1 is 1.33 bits per heavy atom. The van der Waals surface area contributed by atoms with Crippen LogP contribution < -0.4 is 0 Å². The van der Waals surface area contributed by atoms with Gasteiger partial charge >= 0.3 is 0 Å². The Bertz CT molecular complexity index is 309. The smallest absolute Gasteiger partial charge is 0.0497 e. The maximum absolute atomic E-state index is 9.13. The van der Waals surface area contributed by atoms with E-state index in [1.165, 1.54) is 24.0 Å². The summed E-state index contributed by atoms with van der Waals surface area (Å²) in [7, 11) is 0. The molecule has 0 fully saturated rings. The van der Waals surface area contributed by atoms with Gasteiger partial charge in [0.2, 0.25) is 0 Å². The summed E-state index contributed by atoms with van der Waals surface area (Å²) < 4.78 is 1.12. The van der Waals surface area contributed by atoms with Crippen molar-refractivity contribution < 1.29 is 5.11 Å². The standard InChI is InChI=1S/C13H19BrO/c1-3-4-5-11-6-12(10(2)9-15)8-13(14)7-11/h6-8,10,15H,3-5,9H2,1-2H3. The monoisotopic (exact) mass is 270 g/mol. The maximum atomic E-state index is 9.13. The van der Waals surface area contributed by atoms with Crippen molar-refractivity contribution >= 4 is 15.9 Å². The molecule has 1 atom stereocenters. The predicted octanol–water partition coefficient (Wildman–Crippen LogP) is 3.89. The molecule has 0 bridgehead atoms. The molecule has 0 radical (unpaired) electrons. The third-order valence-corrected chi connectivity index (χ3v) is 3.10. The highest BCUT2D eigenvalue weighted by atomic mass is 79.9. The van der Waals surface area contributed by atoms with Gasteiger partial charge in [0, 0.05) is 17.0 Å². The van der Waals surface area contributed by atoms with Crippen molar-refractivity contribution in [2.75, 3.05) is 6.61 Å². The number of benzene rings is 1. The van der Waals surface area contributed by atoms with Crippen molar-refractivity contribution in [2.45, 2.75) is 39.0 Å². The van der Waals surface area contributed by atoms with Crippen molar-refractivity contribution in [2.24, 2.45) is 0 Å². The minimum atomic E-state index is 0.212. The highest BCUT2D eigenvalue weighted by Gasteiger charge is 2.06. The third-order valence-electron chi connectivity index (χ3n) is 2.64. The van der Waals surface area contributed by atoms with Crippen molar-refractivity contribution in [3.8, 4) is 0 Å². The molecule has 0 spiro atoms. The summed E-state index contributed by atoms with van der Waals surface area (Å²) >= 11 is 3.52. The Morgan fingerprint density at radius 2 is 2.07 bits per heavy atom. The summed E-state index contributed by atoms with van der Waals surface area (Å²) in [5, 5.41) is 9.13. The van der Waals surface area contributed by atoms with E-state index in [1.54, 1.807) is 0 Å². The second-order valence-electron chi connectivity index (χ2n) is 4.08. The van der Waals surface area contributed by atoms with Gasteiger partial charge < -0.3 is 5.11 Å². The molecule has 1 N–H and O–H groups in total. The molecule has 84 valence electrons. The molecule has 0 aliphatic rings. The van der Waals surface area contributed by atoms with Crippen LogP contribution in [0, 0.1) is 0 Å². The number of hydrogen-bond donors (Lipinski definition) is 1. The van der Waals surface area contributed by atoms with Crippen LogP contribution in [0.3, 0.4) is 0 Å². The van der Waals surface area contributed by atoms with E-state index >= 15 is 0 Å². The van der Waals surface area contributed by atoms with Gasteiger partial charge in [-0.2, -0.15) is 0 Å². The third kappa shape index (κ3) is 3.96. The highest BCUT2D eigenvalue weighted by Crippen LogP contribution is 2.23. The zero-order chi connectivity index (χ0) is 11.3. The summed E-state index contributed by atoms with van der Waals surface area (Å²) in [6.45, 7) is 4.46. The average Bonchev–Trinajstić information content (AvgIpc) is 2.24. The fourth-order valence-corrected chi connectivity index (χ4v) is 2.15. The molecule has 0 aliphatic carbocycles. The summed E-state index contributed by atoms with van der Waals surface area (Å²) in [4.78, 5) is 0. The fraction of sp³-hybridized carbons (Fsp3) is 0.538. The first-order valence-electron chi connectivity index (χ1n) is 5.57. The second-order valence-corrected chi connectivity index (χ2v) is 5.00. The molecule has 2 heteroatoms. The van der Waals surface area contributed by atoms with Gasteiger partial charge in [-0.15, -0.1) is 0 Å². The number of rotatable bonds is 5. The van der Waals surface area contributed by atoms with Gasteiger partial charge in [-0.3, -0.25) is 0 Å². The minimum absolute atomic E-state index is 0.212. The molecule has 1 unspecified atom stereocenters. The number of aliphatic hydroxyl groups is 1. The average molecular weight is 271 g/mol. The van der Waals surface area contributed by atoms with E-state index in [1.807, 2.05) is 6.92 Å². The first-order chi connectivity index (χ1) is 7.17. The quantitative estimate of drug-likeness (QED) is 0.861. The molecule has 0 amide bonds. The first kappa shape index (κ1) is 12.7. The summed E-state index contributed by atoms with van der Waals surface area (Å²) in [6.07, 6.45) is 3.57. The van der Waals surface area contributed by atoms with Crippen LogP contribution in [0.1, 0.15) is 43.7 Å². The van der Waals surface area contributed by atoms with Gasteiger partial charge in [0.25, 0.3) is 0 Å². The molecule has 1 aromatic carbocycles. The van der Waals surface area contributed by atoms with E-state index in [9.17, 15) is 0 Å². The molecule has 0 aromatic heterocycles. The number of unbranched alkanes of at least 4 members (excludes halogenated alkanes) is 1. The zero-order valence-corrected chi connectivity index (χ0v) is 11.0. The lowest BCUT2D eigenvalue weighted by molar-refractivity contribution is 0.273. The Morgan fingerprint density at radius 3 is 2.67 bits per heavy atom. The van der Waals surface area contributed by atoms with Gasteiger partial charge in [-0.05, 0) is 36.1 Å². The van der Waals surface area contributed by atoms with Gasteiger partial charge in [0.05, 0.1) is 0 Å². The Balaban J connectivity index is 2.84. The number of aryl methyl sites for hydroxylation is 1. The van der Waals surface area contributed by atoms with Crippen LogP contribution >= 0.6 is 15.9 Å². The lowest BCUT2D eigenvalue weighted by atomic mass is 9.98. The molecule has 1 nitrogen and oxygen atoms in total. The lowest BCUT2D eigenvalue weighted by Gasteiger charge is -2.11. The van der Waals surface area contributed by atoms with Crippen LogP contribution in [0.2, 0.25) is 0 Å². The van der Waals surface area contributed by atoms with E-state index in [2.05, 4.69) is 41.1 Å². The Kier molecular flexibility index (Phi) is 5.34. The van der Waals surface area contributed by atoms with E-state index in [4.69, 9.17) is 5.11 Å². The van der Waals surface area contributed by atoms with Crippen LogP contribution in [-0.4, -0.2) is 11.7 Å². The zero-order valence-electron chi connectivity index (χ0n) is 9.46. The highest BCUT2D eigenvalue weighted by molar-refractivity contribution is 9.10. The van der Waals surface area contributed by atoms with Crippen LogP contribution in [-0.2, 0) is 6.42 Å². The normalized spacial score (nSPS) is 12.8. The van der Waals surface area contributed by atoms with Gasteiger partial charge in [0.15, 0.2) is 0 Å². The molecule has 0 saturated carbocycles. The van der Waals surface area contributed by atoms with Crippen molar-refractivity contribution in [3.63, 3.8) is 0 Å². The second kappa shape index (κ2) is 6.29. The predicted molar refractivity (Wildman–Crippen MR) is 68.3 cm³/mol. The maximum Gasteiger partial charge on any atom is 0.0497 e. The largest absolute Gasteiger partial charge is 0.396 e.